The van der Waals surface area contributed by atoms with Crippen molar-refractivity contribution >= 4 is 29.7 Å². The zero-order valence-electron chi connectivity index (χ0n) is 27.2. The van der Waals surface area contributed by atoms with E-state index in [9.17, 15) is 29.1 Å². The fourth-order valence-electron chi connectivity index (χ4n) is 4.98. The van der Waals surface area contributed by atoms with Gasteiger partial charge in [-0.25, -0.2) is 0 Å². The van der Waals surface area contributed by atoms with Crippen molar-refractivity contribution in [1.82, 2.24) is 15.5 Å². The Kier molecular flexibility index (Phi) is 20.2. The lowest BCUT2D eigenvalue weighted by Gasteiger charge is -2.26. The van der Waals surface area contributed by atoms with Gasteiger partial charge in [0.05, 0.1) is 0 Å². The molecular weight excluding hydrogens is 566 g/mol. The van der Waals surface area contributed by atoms with E-state index in [-0.39, 0.29) is 37.0 Å². The number of carbonyl (C=O) groups is 5. The van der Waals surface area contributed by atoms with Gasteiger partial charge < -0.3 is 20.3 Å². The summed E-state index contributed by atoms with van der Waals surface area (Å²) in [6.45, 7) is 6.02. The van der Waals surface area contributed by atoms with Crippen molar-refractivity contribution in [1.29, 1.82) is 0 Å². The first kappa shape index (κ1) is 39.2. The number of carboxylic acid groups (broad SMARTS) is 1. The minimum atomic E-state index is -0.878. The van der Waals surface area contributed by atoms with Crippen molar-refractivity contribution in [3.8, 4) is 0 Å². The van der Waals surface area contributed by atoms with Crippen molar-refractivity contribution in [2.75, 3.05) is 13.1 Å². The molecule has 1 aliphatic heterocycles. The Balaban J connectivity index is 2.21. The van der Waals surface area contributed by atoms with Crippen molar-refractivity contribution in [3.05, 3.63) is 12.2 Å². The first-order chi connectivity index (χ1) is 20.9. The van der Waals surface area contributed by atoms with Crippen molar-refractivity contribution in [2.45, 2.75) is 154 Å². The number of aliphatic hydroxyl groups excluding tert-OH is 1. The summed E-state index contributed by atoms with van der Waals surface area (Å²) in [6, 6.07) is -0.813. The summed E-state index contributed by atoms with van der Waals surface area (Å²) in [5.74, 6) is -2.07. The number of unbranched alkanes of at least 4 members (excludes halogenated alkanes) is 12. The molecule has 0 aliphatic carbocycles. The normalized spacial score (nSPS) is 14.6. The molecule has 0 spiro atoms. The third-order valence-electron chi connectivity index (χ3n) is 7.39. The molecule has 11 heteroatoms. The lowest BCUT2D eigenvalue weighted by Crippen LogP contribution is -2.46. The van der Waals surface area contributed by atoms with E-state index in [1.165, 1.54) is 49.2 Å². The number of esters is 1. The molecule has 1 aliphatic rings. The van der Waals surface area contributed by atoms with Crippen LogP contribution >= 0.6 is 0 Å². The molecule has 0 aromatic heterocycles. The number of carboxylic acids is 1. The van der Waals surface area contributed by atoms with Crippen LogP contribution in [-0.4, -0.2) is 75.7 Å². The largest absolute Gasteiger partial charge is 0.481 e. The highest BCUT2D eigenvalue weighted by atomic mass is 16.6. The molecule has 252 valence electrons. The van der Waals surface area contributed by atoms with Crippen LogP contribution in [0.15, 0.2) is 12.2 Å². The number of carbonyl (C=O) groups excluding carboxylic acids is 4. The monoisotopic (exact) mass is 623 g/mol. The van der Waals surface area contributed by atoms with E-state index >= 15 is 0 Å². The molecule has 11 nitrogen and oxygen atoms in total. The third-order valence-corrected chi connectivity index (χ3v) is 7.39. The van der Waals surface area contributed by atoms with Gasteiger partial charge in [0.1, 0.15) is 17.9 Å². The number of aliphatic carboxylic acids is 1. The van der Waals surface area contributed by atoms with Crippen LogP contribution in [0.4, 0.5) is 0 Å². The zero-order chi connectivity index (χ0) is 32.8. The fraction of sp³-hybridized carbons (Fsp3) is 0.788. The van der Waals surface area contributed by atoms with Gasteiger partial charge in [-0.1, -0.05) is 64.2 Å². The highest BCUT2D eigenvalue weighted by molar-refractivity contribution is 6.12. The summed E-state index contributed by atoms with van der Waals surface area (Å²) in [4.78, 5) is 60.0. The van der Waals surface area contributed by atoms with E-state index < -0.39 is 29.8 Å². The number of imide groups is 1. The lowest BCUT2D eigenvalue weighted by atomic mass is 10.0. The average molecular weight is 624 g/mol. The molecule has 0 bridgehead atoms. The highest BCUT2D eigenvalue weighted by Crippen LogP contribution is 2.15. The zero-order valence-corrected chi connectivity index (χ0v) is 27.2. The van der Waals surface area contributed by atoms with E-state index in [4.69, 9.17) is 9.84 Å². The van der Waals surface area contributed by atoms with Crippen LogP contribution in [-0.2, 0) is 28.7 Å². The molecule has 1 heterocycles. The molecular formula is C33H57N3O8. The van der Waals surface area contributed by atoms with Gasteiger partial charge in [-0.3, -0.25) is 34.2 Å². The Bertz CT molecular complexity index is 897. The third kappa shape index (κ3) is 20.2. The molecule has 0 fully saturated rings. The summed E-state index contributed by atoms with van der Waals surface area (Å²) < 4.78 is 5.51. The minimum Gasteiger partial charge on any atom is -0.481 e. The SMILES string of the molecule is CC(C)(C)OC(=O)C(CCC(=O)NCCCCN1C(=O)C=CC1=O)NC(O)CCCCCCCCCCCCCCC(=O)O. The second-order valence-corrected chi connectivity index (χ2v) is 12.7. The Morgan fingerprint density at radius 3 is 1.82 bits per heavy atom. The maximum absolute atomic E-state index is 12.8. The van der Waals surface area contributed by atoms with Gasteiger partial charge in [-0.15, -0.1) is 0 Å². The Morgan fingerprint density at radius 2 is 1.30 bits per heavy atom. The maximum Gasteiger partial charge on any atom is 0.323 e. The predicted molar refractivity (Wildman–Crippen MR) is 168 cm³/mol. The summed E-state index contributed by atoms with van der Waals surface area (Å²) in [5.41, 5.74) is -0.695. The van der Waals surface area contributed by atoms with Crippen molar-refractivity contribution in [2.24, 2.45) is 0 Å². The summed E-state index contributed by atoms with van der Waals surface area (Å²) in [6.07, 6.45) is 16.8. The Hall–Kier alpha value is -2.79. The number of hydrogen-bond acceptors (Lipinski definition) is 8. The summed E-state index contributed by atoms with van der Waals surface area (Å²) in [5, 5.41) is 25.0. The van der Waals surface area contributed by atoms with Gasteiger partial charge in [-0.2, -0.15) is 0 Å². The molecule has 1 rings (SSSR count). The molecule has 0 saturated heterocycles. The molecule has 0 aromatic rings. The second kappa shape index (κ2) is 22.7. The van der Waals surface area contributed by atoms with E-state index in [1.807, 2.05) is 0 Å². The van der Waals surface area contributed by atoms with E-state index in [1.54, 1.807) is 20.8 Å². The first-order valence-corrected chi connectivity index (χ1v) is 16.6. The Labute approximate surface area is 263 Å². The standard InChI is InChI=1S/C33H57N3O8/c1-33(2,3)44-32(43)26(20-21-27(37)34-24-16-17-25-36-29(39)22-23-30(36)40)35-28(38)18-14-12-10-8-6-4-5-7-9-11-13-15-19-31(41)42/h22-23,26,28,35,38H,4-21,24-25H2,1-3H3,(H,34,37)(H,41,42). The number of rotatable bonds is 26. The number of amides is 3. The first-order valence-electron chi connectivity index (χ1n) is 16.6. The molecule has 0 saturated carbocycles. The fourth-order valence-corrected chi connectivity index (χ4v) is 4.98. The molecule has 0 radical (unpaired) electrons. The minimum absolute atomic E-state index is 0.0847. The van der Waals surface area contributed by atoms with Crippen molar-refractivity contribution in [3.63, 3.8) is 0 Å². The van der Waals surface area contributed by atoms with Crippen molar-refractivity contribution < 1.29 is 38.9 Å². The summed E-state index contributed by atoms with van der Waals surface area (Å²) >= 11 is 0. The van der Waals surface area contributed by atoms with Gasteiger partial charge in [0.2, 0.25) is 5.91 Å². The maximum atomic E-state index is 12.8. The van der Waals surface area contributed by atoms with Crippen LogP contribution in [0, 0.1) is 0 Å². The number of nitrogens with one attached hydrogen (secondary N) is 2. The Morgan fingerprint density at radius 1 is 0.773 bits per heavy atom. The van der Waals surface area contributed by atoms with Gasteiger partial charge in [0, 0.05) is 38.1 Å². The van der Waals surface area contributed by atoms with Gasteiger partial charge in [-0.05, 0) is 59.3 Å². The molecule has 2 atom stereocenters. The van der Waals surface area contributed by atoms with Crippen LogP contribution in [0.3, 0.4) is 0 Å². The second-order valence-electron chi connectivity index (χ2n) is 12.7. The smallest absolute Gasteiger partial charge is 0.323 e. The van der Waals surface area contributed by atoms with Crippen LogP contribution in [0.25, 0.3) is 0 Å². The molecule has 0 aromatic carbocycles. The summed E-state index contributed by atoms with van der Waals surface area (Å²) in [7, 11) is 0. The average Bonchev–Trinajstić information content (AvgIpc) is 3.26. The van der Waals surface area contributed by atoms with Gasteiger partial charge in [0.25, 0.3) is 11.8 Å². The topological polar surface area (TPSA) is 162 Å². The lowest BCUT2D eigenvalue weighted by molar-refractivity contribution is -0.159. The molecule has 2 unspecified atom stereocenters. The van der Waals surface area contributed by atoms with E-state index in [2.05, 4.69) is 10.6 Å². The van der Waals surface area contributed by atoms with Crippen LogP contribution < -0.4 is 10.6 Å². The van der Waals surface area contributed by atoms with E-state index in [0.717, 1.165) is 44.9 Å². The highest BCUT2D eigenvalue weighted by Gasteiger charge is 2.27. The molecule has 4 N–H and O–H groups in total. The number of ether oxygens (including phenoxy) is 1. The number of nitrogens with zero attached hydrogens (tertiary/aromatic N) is 1. The quantitative estimate of drug-likeness (QED) is 0.0461. The van der Waals surface area contributed by atoms with Gasteiger partial charge in [0.15, 0.2) is 0 Å². The van der Waals surface area contributed by atoms with Crippen LogP contribution in [0.1, 0.15) is 136 Å². The number of hydrogen-bond donors (Lipinski definition) is 4. The van der Waals surface area contributed by atoms with Gasteiger partial charge >= 0.3 is 11.9 Å². The van der Waals surface area contributed by atoms with Crippen LogP contribution in [0.5, 0.6) is 0 Å². The van der Waals surface area contributed by atoms with E-state index in [0.29, 0.717) is 32.4 Å². The predicted octanol–water partition coefficient (Wildman–Crippen LogP) is 4.75. The van der Waals surface area contributed by atoms with Crippen LogP contribution in [0.2, 0.25) is 0 Å². The molecule has 44 heavy (non-hydrogen) atoms. The molecule has 3 amide bonds. The number of aliphatic hydroxyl groups is 1.